The summed E-state index contributed by atoms with van der Waals surface area (Å²) in [7, 11) is 0. The number of amides is 1. The van der Waals surface area contributed by atoms with Crippen molar-refractivity contribution < 1.29 is 4.79 Å². The number of pyridine rings is 1. The Labute approximate surface area is 132 Å². The van der Waals surface area contributed by atoms with E-state index in [1.807, 2.05) is 6.92 Å². The molecule has 3 nitrogen and oxygen atoms in total. The molecule has 2 rings (SSSR count). The maximum absolute atomic E-state index is 12.5. The highest BCUT2D eigenvalue weighted by atomic mass is 35.5. The Kier molecular flexibility index (Phi) is 5.26. The number of hydrogen-bond donors (Lipinski definition) is 1. The van der Waals surface area contributed by atoms with Crippen molar-refractivity contribution in [1.82, 2.24) is 10.3 Å². The van der Waals surface area contributed by atoms with Crippen LogP contribution in [-0.4, -0.2) is 16.9 Å². The normalized spacial score (nSPS) is 25.9. The third-order valence-corrected chi connectivity index (χ3v) is 4.72. The van der Waals surface area contributed by atoms with Gasteiger partial charge in [0.25, 0.3) is 5.91 Å². The Morgan fingerprint density at radius 1 is 1.38 bits per heavy atom. The van der Waals surface area contributed by atoms with Crippen LogP contribution in [0.5, 0.6) is 0 Å². The number of rotatable bonds is 3. The van der Waals surface area contributed by atoms with Gasteiger partial charge in [-0.1, -0.05) is 38.8 Å². The molecule has 21 heavy (non-hydrogen) atoms. The van der Waals surface area contributed by atoms with Gasteiger partial charge >= 0.3 is 0 Å². The fourth-order valence-electron chi connectivity index (χ4n) is 3.38. The molecule has 1 fully saturated rings. The quantitative estimate of drug-likeness (QED) is 0.849. The maximum atomic E-state index is 12.5. The van der Waals surface area contributed by atoms with Crippen molar-refractivity contribution in [2.45, 2.75) is 53.0 Å². The molecule has 0 bridgehead atoms. The van der Waals surface area contributed by atoms with E-state index in [4.69, 9.17) is 11.6 Å². The Morgan fingerprint density at radius 3 is 2.71 bits per heavy atom. The summed E-state index contributed by atoms with van der Waals surface area (Å²) in [5, 5.41) is 3.60. The first-order chi connectivity index (χ1) is 9.86. The van der Waals surface area contributed by atoms with Gasteiger partial charge in [-0.25, -0.2) is 4.98 Å². The first kappa shape index (κ1) is 16.3. The molecule has 1 N–H and O–H groups in total. The molecule has 0 aromatic carbocycles. The molecule has 116 valence electrons. The lowest BCUT2D eigenvalue weighted by Crippen LogP contribution is -2.45. The Hall–Kier alpha value is -1.09. The van der Waals surface area contributed by atoms with Gasteiger partial charge in [-0.2, -0.15) is 0 Å². The predicted molar refractivity (Wildman–Crippen MR) is 86.6 cm³/mol. The third kappa shape index (κ3) is 4.19. The van der Waals surface area contributed by atoms with E-state index in [0.717, 1.165) is 12.1 Å². The Balaban J connectivity index is 2.12. The second-order valence-electron chi connectivity index (χ2n) is 6.73. The van der Waals surface area contributed by atoms with Gasteiger partial charge < -0.3 is 5.32 Å². The minimum Gasteiger partial charge on any atom is -0.349 e. The van der Waals surface area contributed by atoms with Crippen LogP contribution in [0.4, 0.5) is 0 Å². The molecule has 0 aliphatic heterocycles. The maximum Gasteiger partial charge on any atom is 0.251 e. The van der Waals surface area contributed by atoms with Crippen LogP contribution in [0.3, 0.4) is 0 Å². The van der Waals surface area contributed by atoms with Crippen LogP contribution in [0.25, 0.3) is 0 Å². The smallest absolute Gasteiger partial charge is 0.251 e. The Bertz CT molecular complexity index is 495. The van der Waals surface area contributed by atoms with E-state index in [1.165, 1.54) is 12.8 Å². The van der Waals surface area contributed by atoms with Gasteiger partial charge in [-0.3, -0.25) is 4.79 Å². The van der Waals surface area contributed by atoms with Gasteiger partial charge in [0.2, 0.25) is 0 Å². The second-order valence-corrected chi connectivity index (χ2v) is 7.11. The molecular formula is C17H25ClN2O. The highest BCUT2D eigenvalue weighted by molar-refractivity contribution is 6.29. The molecule has 1 aromatic rings. The lowest BCUT2D eigenvalue weighted by Gasteiger charge is -2.37. The van der Waals surface area contributed by atoms with Gasteiger partial charge in [0, 0.05) is 17.3 Å². The van der Waals surface area contributed by atoms with Gasteiger partial charge in [0.05, 0.1) is 0 Å². The van der Waals surface area contributed by atoms with Crippen molar-refractivity contribution in [2.75, 3.05) is 0 Å². The van der Waals surface area contributed by atoms with Gasteiger partial charge in [-0.05, 0) is 49.7 Å². The number of nitrogens with zero attached hydrogens (tertiary/aromatic N) is 1. The van der Waals surface area contributed by atoms with E-state index in [0.29, 0.717) is 28.5 Å². The molecule has 1 saturated carbocycles. The molecule has 0 radical (unpaired) electrons. The summed E-state index contributed by atoms with van der Waals surface area (Å²) in [5.41, 5.74) is 1.37. The van der Waals surface area contributed by atoms with Crippen LogP contribution >= 0.6 is 11.6 Å². The zero-order valence-corrected chi connectivity index (χ0v) is 14.1. The molecule has 1 aromatic heterocycles. The van der Waals surface area contributed by atoms with Crippen molar-refractivity contribution in [3.63, 3.8) is 0 Å². The van der Waals surface area contributed by atoms with Crippen LogP contribution < -0.4 is 5.32 Å². The van der Waals surface area contributed by atoms with Crippen LogP contribution in [0.15, 0.2) is 12.1 Å². The fraction of sp³-hybridized carbons (Fsp3) is 0.647. The Morgan fingerprint density at radius 2 is 2.10 bits per heavy atom. The van der Waals surface area contributed by atoms with E-state index in [1.54, 1.807) is 12.1 Å². The largest absolute Gasteiger partial charge is 0.349 e. The first-order valence-electron chi connectivity index (χ1n) is 7.82. The average Bonchev–Trinajstić information content (AvgIpc) is 2.37. The predicted octanol–water partition coefficient (Wildman–Crippen LogP) is 4.23. The van der Waals surface area contributed by atoms with Crippen LogP contribution in [0.1, 0.15) is 56.1 Å². The molecular weight excluding hydrogens is 284 g/mol. The highest BCUT2D eigenvalue weighted by Crippen LogP contribution is 2.33. The lowest BCUT2D eigenvalue weighted by atomic mass is 9.74. The molecule has 1 amide bonds. The van der Waals surface area contributed by atoms with Crippen molar-refractivity contribution in [1.29, 1.82) is 0 Å². The minimum absolute atomic E-state index is 0.0350. The van der Waals surface area contributed by atoms with Crippen LogP contribution in [0, 0.1) is 24.7 Å². The highest BCUT2D eigenvalue weighted by Gasteiger charge is 2.31. The molecule has 1 aliphatic rings. The van der Waals surface area contributed by atoms with E-state index in [9.17, 15) is 4.79 Å². The molecule has 0 spiro atoms. The summed E-state index contributed by atoms with van der Waals surface area (Å²) >= 11 is 5.95. The fourth-order valence-corrected chi connectivity index (χ4v) is 3.63. The summed E-state index contributed by atoms with van der Waals surface area (Å²) in [6, 6.07) is 3.69. The number of aryl methyl sites for hydroxylation is 1. The van der Waals surface area contributed by atoms with Crippen molar-refractivity contribution in [3.8, 4) is 0 Å². The van der Waals surface area contributed by atoms with E-state index < -0.39 is 0 Å². The summed E-state index contributed by atoms with van der Waals surface area (Å²) in [4.78, 5) is 16.6. The summed E-state index contributed by atoms with van der Waals surface area (Å²) in [6.07, 6.45) is 3.52. The second kappa shape index (κ2) is 6.78. The lowest BCUT2D eigenvalue weighted by molar-refractivity contribution is 0.0867. The van der Waals surface area contributed by atoms with Crippen LogP contribution in [0.2, 0.25) is 5.15 Å². The summed E-state index contributed by atoms with van der Waals surface area (Å²) < 4.78 is 0. The zero-order valence-electron chi connectivity index (χ0n) is 13.3. The SMILES string of the molecule is Cc1cc(C(=O)NC2CC(C)CCC2C(C)C)cc(Cl)n1. The molecule has 1 aliphatic carbocycles. The first-order valence-corrected chi connectivity index (χ1v) is 8.19. The summed E-state index contributed by atoms with van der Waals surface area (Å²) in [6.45, 7) is 8.60. The number of aromatic nitrogens is 1. The third-order valence-electron chi connectivity index (χ3n) is 4.52. The average molecular weight is 309 g/mol. The minimum atomic E-state index is -0.0350. The van der Waals surface area contributed by atoms with Crippen molar-refractivity contribution >= 4 is 17.5 Å². The number of carbonyl (C=O) groups is 1. The molecule has 4 heteroatoms. The van der Waals surface area contributed by atoms with Crippen LogP contribution in [-0.2, 0) is 0 Å². The monoisotopic (exact) mass is 308 g/mol. The van der Waals surface area contributed by atoms with Crippen molar-refractivity contribution in [3.05, 3.63) is 28.5 Å². The number of nitrogens with one attached hydrogen (secondary N) is 1. The molecule has 1 heterocycles. The molecule has 0 saturated heterocycles. The standard InChI is InChI=1S/C17H25ClN2O/c1-10(2)14-6-5-11(3)7-15(14)20-17(21)13-8-12(4)19-16(18)9-13/h8-11,14-15H,5-7H2,1-4H3,(H,20,21). The van der Waals surface area contributed by atoms with Gasteiger partial charge in [-0.15, -0.1) is 0 Å². The van der Waals surface area contributed by atoms with Gasteiger partial charge in [0.1, 0.15) is 5.15 Å². The van der Waals surface area contributed by atoms with Crippen molar-refractivity contribution in [2.24, 2.45) is 17.8 Å². The topological polar surface area (TPSA) is 42.0 Å². The number of halogens is 1. The molecule has 3 unspecified atom stereocenters. The van der Waals surface area contributed by atoms with E-state index in [2.05, 4.69) is 31.1 Å². The zero-order chi connectivity index (χ0) is 15.6. The van der Waals surface area contributed by atoms with E-state index >= 15 is 0 Å². The van der Waals surface area contributed by atoms with Gasteiger partial charge in [0.15, 0.2) is 0 Å². The van der Waals surface area contributed by atoms with E-state index in [-0.39, 0.29) is 11.9 Å². The summed E-state index contributed by atoms with van der Waals surface area (Å²) in [5.74, 6) is 1.79. The number of carbonyl (C=O) groups excluding carboxylic acids is 1. The molecule has 3 atom stereocenters. The number of hydrogen-bond acceptors (Lipinski definition) is 2.